The van der Waals surface area contributed by atoms with E-state index in [4.69, 9.17) is 0 Å². The predicted molar refractivity (Wildman–Crippen MR) is 56.3 cm³/mol. The topological polar surface area (TPSA) is 24.1 Å². The van der Waals surface area contributed by atoms with Crippen molar-refractivity contribution in [1.29, 1.82) is 0 Å². The van der Waals surface area contributed by atoms with Crippen LogP contribution in [0.3, 0.4) is 0 Å². The second-order valence-corrected chi connectivity index (χ2v) is 3.91. The third-order valence-electron chi connectivity index (χ3n) is 2.64. The van der Waals surface area contributed by atoms with Gasteiger partial charge in [-0.1, -0.05) is 0 Å². The van der Waals surface area contributed by atoms with Crippen LogP contribution in [-0.4, -0.2) is 19.1 Å². The van der Waals surface area contributed by atoms with Crippen molar-refractivity contribution >= 4 is 5.69 Å². The van der Waals surface area contributed by atoms with Gasteiger partial charge in [-0.05, 0) is 37.2 Å². The van der Waals surface area contributed by atoms with E-state index in [2.05, 4.69) is 10.6 Å². The lowest BCUT2D eigenvalue weighted by atomic mass is 10.2. The second kappa shape index (κ2) is 4.33. The number of hydrogen-bond donors (Lipinski definition) is 2. The SMILES string of the molecule is FC(F)(F)c1ccc(NC2CCNC2)cc1. The molecule has 5 heteroatoms. The zero-order valence-electron chi connectivity index (χ0n) is 8.64. The summed E-state index contributed by atoms with van der Waals surface area (Å²) in [6.45, 7) is 1.82. The van der Waals surface area contributed by atoms with E-state index in [1.807, 2.05) is 0 Å². The molecule has 1 heterocycles. The summed E-state index contributed by atoms with van der Waals surface area (Å²) in [6, 6.07) is 5.47. The van der Waals surface area contributed by atoms with Crippen molar-refractivity contribution in [2.45, 2.75) is 18.6 Å². The number of hydrogen-bond acceptors (Lipinski definition) is 2. The zero-order valence-corrected chi connectivity index (χ0v) is 8.64. The largest absolute Gasteiger partial charge is 0.416 e. The maximum atomic E-state index is 12.3. The molecule has 1 saturated heterocycles. The van der Waals surface area contributed by atoms with E-state index in [9.17, 15) is 13.2 Å². The number of rotatable bonds is 2. The number of nitrogens with one attached hydrogen (secondary N) is 2. The van der Waals surface area contributed by atoms with Crippen LogP contribution in [0.4, 0.5) is 18.9 Å². The summed E-state index contributed by atoms with van der Waals surface area (Å²) in [5.41, 5.74) is 0.129. The fourth-order valence-electron chi connectivity index (χ4n) is 1.77. The van der Waals surface area contributed by atoms with Gasteiger partial charge in [0.2, 0.25) is 0 Å². The van der Waals surface area contributed by atoms with Crippen LogP contribution in [0.15, 0.2) is 24.3 Å². The van der Waals surface area contributed by atoms with Crippen LogP contribution in [0, 0.1) is 0 Å². The smallest absolute Gasteiger partial charge is 0.381 e. The van der Waals surface area contributed by atoms with Crippen LogP contribution in [-0.2, 0) is 6.18 Å². The molecule has 0 bridgehead atoms. The van der Waals surface area contributed by atoms with Gasteiger partial charge in [0.05, 0.1) is 5.56 Å². The van der Waals surface area contributed by atoms with Gasteiger partial charge in [-0.25, -0.2) is 0 Å². The lowest BCUT2D eigenvalue weighted by Crippen LogP contribution is -2.22. The summed E-state index contributed by atoms with van der Waals surface area (Å²) < 4.78 is 36.9. The van der Waals surface area contributed by atoms with E-state index >= 15 is 0 Å². The molecule has 2 rings (SSSR count). The van der Waals surface area contributed by atoms with Crippen molar-refractivity contribution in [2.75, 3.05) is 18.4 Å². The molecule has 0 saturated carbocycles. The van der Waals surface area contributed by atoms with Crippen LogP contribution in [0.2, 0.25) is 0 Å². The van der Waals surface area contributed by atoms with Crippen molar-refractivity contribution in [3.05, 3.63) is 29.8 Å². The summed E-state index contributed by atoms with van der Waals surface area (Å²) in [6.07, 6.45) is -3.26. The van der Waals surface area contributed by atoms with Gasteiger partial charge < -0.3 is 10.6 Å². The van der Waals surface area contributed by atoms with Gasteiger partial charge in [0.25, 0.3) is 0 Å². The van der Waals surface area contributed by atoms with Gasteiger partial charge in [0.1, 0.15) is 0 Å². The third-order valence-corrected chi connectivity index (χ3v) is 2.64. The highest BCUT2D eigenvalue weighted by molar-refractivity contribution is 5.46. The summed E-state index contributed by atoms with van der Waals surface area (Å²) in [5, 5.41) is 6.38. The standard InChI is InChI=1S/C11H13F3N2/c12-11(13,14)8-1-3-9(4-2-8)16-10-5-6-15-7-10/h1-4,10,15-16H,5-7H2. The number of halogens is 3. The Morgan fingerprint density at radius 2 is 1.88 bits per heavy atom. The monoisotopic (exact) mass is 230 g/mol. The Labute approximate surface area is 91.8 Å². The fourth-order valence-corrected chi connectivity index (χ4v) is 1.77. The Hall–Kier alpha value is -1.23. The van der Waals surface area contributed by atoms with E-state index in [0.717, 1.165) is 37.3 Å². The summed E-state index contributed by atoms with van der Waals surface area (Å²) >= 11 is 0. The molecule has 2 N–H and O–H groups in total. The molecule has 88 valence electrons. The van der Waals surface area contributed by atoms with E-state index in [-0.39, 0.29) is 0 Å². The molecule has 0 amide bonds. The van der Waals surface area contributed by atoms with Gasteiger partial charge in [0.15, 0.2) is 0 Å². The maximum Gasteiger partial charge on any atom is 0.416 e. The first-order chi connectivity index (χ1) is 7.55. The lowest BCUT2D eigenvalue weighted by Gasteiger charge is -2.13. The normalized spacial score (nSPS) is 21.1. The average molecular weight is 230 g/mol. The van der Waals surface area contributed by atoms with Crippen LogP contribution in [0.1, 0.15) is 12.0 Å². The van der Waals surface area contributed by atoms with Crippen molar-refractivity contribution in [3.8, 4) is 0 Å². The van der Waals surface area contributed by atoms with Gasteiger partial charge >= 0.3 is 6.18 Å². The molecular weight excluding hydrogens is 217 g/mol. The molecular formula is C11H13F3N2. The Morgan fingerprint density at radius 3 is 2.38 bits per heavy atom. The molecule has 2 nitrogen and oxygen atoms in total. The van der Waals surface area contributed by atoms with Crippen LogP contribution < -0.4 is 10.6 Å². The van der Waals surface area contributed by atoms with E-state index in [1.54, 1.807) is 0 Å². The Bertz CT molecular complexity index is 339. The van der Waals surface area contributed by atoms with Gasteiger partial charge in [-0.15, -0.1) is 0 Å². The molecule has 1 aromatic carbocycles. The van der Waals surface area contributed by atoms with Crippen LogP contribution in [0.5, 0.6) is 0 Å². The zero-order chi connectivity index (χ0) is 11.6. The van der Waals surface area contributed by atoms with Gasteiger partial charge in [0, 0.05) is 18.3 Å². The molecule has 1 aliphatic heterocycles. The van der Waals surface area contributed by atoms with E-state index in [1.165, 1.54) is 12.1 Å². The van der Waals surface area contributed by atoms with E-state index in [0.29, 0.717) is 6.04 Å². The molecule has 16 heavy (non-hydrogen) atoms. The summed E-state index contributed by atoms with van der Waals surface area (Å²) in [4.78, 5) is 0. The van der Waals surface area contributed by atoms with Crippen LogP contribution in [0.25, 0.3) is 0 Å². The van der Waals surface area contributed by atoms with Crippen molar-refractivity contribution in [1.82, 2.24) is 5.32 Å². The molecule has 1 atom stereocenters. The number of anilines is 1. The summed E-state index contributed by atoms with van der Waals surface area (Å²) in [5.74, 6) is 0. The van der Waals surface area contributed by atoms with Gasteiger partial charge in [-0.2, -0.15) is 13.2 Å². The lowest BCUT2D eigenvalue weighted by molar-refractivity contribution is -0.137. The second-order valence-electron chi connectivity index (χ2n) is 3.91. The first-order valence-electron chi connectivity index (χ1n) is 5.20. The number of benzene rings is 1. The Kier molecular flexibility index (Phi) is 3.05. The Balaban J connectivity index is 2.01. The number of alkyl halides is 3. The quantitative estimate of drug-likeness (QED) is 0.815. The average Bonchev–Trinajstić information content (AvgIpc) is 2.70. The fraction of sp³-hybridized carbons (Fsp3) is 0.455. The molecule has 1 unspecified atom stereocenters. The molecule has 1 aromatic rings. The third kappa shape index (κ3) is 2.66. The molecule has 1 aliphatic rings. The van der Waals surface area contributed by atoms with Crippen molar-refractivity contribution < 1.29 is 13.2 Å². The highest BCUT2D eigenvalue weighted by Crippen LogP contribution is 2.29. The maximum absolute atomic E-state index is 12.3. The minimum atomic E-state index is -4.26. The van der Waals surface area contributed by atoms with Crippen LogP contribution >= 0.6 is 0 Å². The molecule has 0 radical (unpaired) electrons. The van der Waals surface area contributed by atoms with Crippen molar-refractivity contribution in [3.63, 3.8) is 0 Å². The predicted octanol–water partition coefficient (Wildman–Crippen LogP) is 2.48. The minimum absolute atomic E-state index is 0.316. The first kappa shape index (κ1) is 11.3. The highest BCUT2D eigenvalue weighted by atomic mass is 19.4. The van der Waals surface area contributed by atoms with Crippen molar-refractivity contribution in [2.24, 2.45) is 0 Å². The molecule has 0 spiro atoms. The molecule has 0 aromatic heterocycles. The Morgan fingerprint density at radius 1 is 1.19 bits per heavy atom. The highest BCUT2D eigenvalue weighted by Gasteiger charge is 2.30. The van der Waals surface area contributed by atoms with E-state index < -0.39 is 11.7 Å². The first-order valence-corrected chi connectivity index (χ1v) is 5.20. The summed E-state index contributed by atoms with van der Waals surface area (Å²) in [7, 11) is 0. The van der Waals surface area contributed by atoms with Gasteiger partial charge in [-0.3, -0.25) is 0 Å². The molecule has 0 aliphatic carbocycles. The molecule has 1 fully saturated rings. The minimum Gasteiger partial charge on any atom is -0.381 e.